The molecule has 0 aliphatic heterocycles. The number of carbonyl (C=O) groups excluding carboxylic acids is 2. The topological polar surface area (TPSA) is 92.7 Å². The molecular formula is C26H28N4O3S. The van der Waals surface area contributed by atoms with Crippen LogP contribution in [0, 0.1) is 5.92 Å². The van der Waals surface area contributed by atoms with Crippen molar-refractivity contribution in [1.29, 1.82) is 0 Å². The van der Waals surface area contributed by atoms with E-state index in [0.29, 0.717) is 5.17 Å². The highest BCUT2D eigenvalue weighted by Crippen LogP contribution is 2.22. The molecule has 1 aromatic heterocycles. The fourth-order valence-electron chi connectivity index (χ4n) is 2.93. The van der Waals surface area contributed by atoms with Crippen molar-refractivity contribution in [2.24, 2.45) is 10.9 Å². The number of aliphatic imine (C=N–C) groups is 1. The number of para-hydroxylation sites is 1. The lowest BCUT2D eigenvalue weighted by Crippen LogP contribution is -2.31. The van der Waals surface area contributed by atoms with E-state index < -0.39 is 6.17 Å². The van der Waals surface area contributed by atoms with E-state index in [-0.39, 0.29) is 23.7 Å². The third kappa shape index (κ3) is 7.74. The largest absolute Gasteiger partial charge is 0.454 e. The molecule has 176 valence electrons. The van der Waals surface area contributed by atoms with E-state index in [4.69, 9.17) is 4.74 Å². The van der Waals surface area contributed by atoms with Crippen LogP contribution in [0.4, 0.5) is 5.69 Å². The SMILES string of the molecule is CC(N=C(Nc1cccc2cccnc12)SCOC(=O)C(C)C)NC(=O)/C=C/c1ccccc1. The van der Waals surface area contributed by atoms with Crippen molar-refractivity contribution in [3.63, 3.8) is 0 Å². The first-order chi connectivity index (χ1) is 16.4. The summed E-state index contributed by atoms with van der Waals surface area (Å²) >= 11 is 1.24. The summed E-state index contributed by atoms with van der Waals surface area (Å²) in [6.45, 7) is 5.34. The number of benzene rings is 2. The van der Waals surface area contributed by atoms with Crippen molar-refractivity contribution in [2.45, 2.75) is 26.9 Å². The number of aromatic nitrogens is 1. The van der Waals surface area contributed by atoms with Crippen LogP contribution in [0.3, 0.4) is 0 Å². The van der Waals surface area contributed by atoms with Gasteiger partial charge in [-0.15, -0.1) is 0 Å². The highest BCUT2D eigenvalue weighted by atomic mass is 32.2. The maximum absolute atomic E-state index is 12.3. The molecule has 1 unspecified atom stereocenters. The van der Waals surface area contributed by atoms with Gasteiger partial charge in [0.2, 0.25) is 5.91 Å². The predicted molar refractivity (Wildman–Crippen MR) is 139 cm³/mol. The molecule has 34 heavy (non-hydrogen) atoms. The van der Waals surface area contributed by atoms with Gasteiger partial charge in [-0.1, -0.05) is 62.4 Å². The predicted octanol–water partition coefficient (Wildman–Crippen LogP) is 5.07. The number of amidine groups is 1. The molecule has 3 rings (SSSR count). The third-order valence-electron chi connectivity index (χ3n) is 4.63. The molecule has 1 amide bonds. The fourth-order valence-corrected chi connectivity index (χ4v) is 3.64. The average Bonchev–Trinajstić information content (AvgIpc) is 2.83. The van der Waals surface area contributed by atoms with Gasteiger partial charge in [-0.2, -0.15) is 0 Å². The number of nitrogens with one attached hydrogen (secondary N) is 2. The van der Waals surface area contributed by atoms with Gasteiger partial charge in [-0.25, -0.2) is 4.99 Å². The number of thioether (sulfide) groups is 1. The number of esters is 1. The van der Waals surface area contributed by atoms with Gasteiger partial charge < -0.3 is 15.4 Å². The van der Waals surface area contributed by atoms with Gasteiger partial charge in [-0.05, 0) is 42.5 Å². The molecule has 0 saturated carbocycles. The zero-order valence-electron chi connectivity index (χ0n) is 19.4. The van der Waals surface area contributed by atoms with E-state index in [1.807, 2.05) is 60.7 Å². The Kier molecular flexibility index (Phi) is 9.22. The summed E-state index contributed by atoms with van der Waals surface area (Å²) in [6, 6.07) is 19.2. The van der Waals surface area contributed by atoms with Crippen molar-refractivity contribution in [3.8, 4) is 0 Å². The number of hydrogen-bond acceptors (Lipinski definition) is 6. The lowest BCUT2D eigenvalue weighted by molar-refractivity contribution is -0.144. The maximum atomic E-state index is 12.3. The van der Waals surface area contributed by atoms with Gasteiger partial charge in [0.05, 0.1) is 17.1 Å². The fraction of sp³-hybridized carbons (Fsp3) is 0.231. The number of nitrogens with zero attached hydrogens (tertiary/aromatic N) is 2. The summed E-state index contributed by atoms with van der Waals surface area (Å²) < 4.78 is 5.30. The Bertz CT molecular complexity index is 1170. The summed E-state index contributed by atoms with van der Waals surface area (Å²) in [7, 11) is 0. The number of pyridine rings is 1. The van der Waals surface area contributed by atoms with Crippen molar-refractivity contribution in [2.75, 3.05) is 11.3 Å². The Labute approximate surface area is 203 Å². The first-order valence-corrected chi connectivity index (χ1v) is 11.9. The van der Waals surface area contributed by atoms with Gasteiger partial charge in [0.25, 0.3) is 0 Å². The van der Waals surface area contributed by atoms with Gasteiger partial charge in [-0.3, -0.25) is 14.6 Å². The quantitative estimate of drug-likeness (QED) is 0.155. The highest BCUT2D eigenvalue weighted by Gasteiger charge is 2.12. The molecule has 0 aliphatic carbocycles. The van der Waals surface area contributed by atoms with E-state index in [1.165, 1.54) is 17.8 Å². The van der Waals surface area contributed by atoms with E-state index in [0.717, 1.165) is 22.2 Å². The summed E-state index contributed by atoms with van der Waals surface area (Å²) in [5.41, 5.74) is 2.49. The molecule has 1 heterocycles. The van der Waals surface area contributed by atoms with E-state index in [2.05, 4.69) is 20.6 Å². The molecule has 0 spiro atoms. The molecule has 2 aromatic carbocycles. The molecule has 0 bridgehead atoms. The van der Waals surface area contributed by atoms with Crippen LogP contribution in [0.25, 0.3) is 17.0 Å². The van der Waals surface area contributed by atoms with Crippen LogP contribution in [-0.4, -0.2) is 34.1 Å². The number of amides is 1. The minimum absolute atomic E-state index is 0.0929. The molecule has 2 N–H and O–H groups in total. The number of rotatable bonds is 8. The van der Waals surface area contributed by atoms with E-state index >= 15 is 0 Å². The first kappa shape index (κ1) is 25.0. The Morgan fingerprint density at radius 1 is 1.06 bits per heavy atom. The smallest absolute Gasteiger partial charge is 0.309 e. The molecule has 1 atom stereocenters. The van der Waals surface area contributed by atoms with Gasteiger partial charge in [0.15, 0.2) is 5.17 Å². The van der Waals surface area contributed by atoms with Crippen molar-refractivity contribution < 1.29 is 14.3 Å². The zero-order chi connectivity index (χ0) is 24.3. The standard InChI is InChI=1S/C26H28N4O3S/c1-18(2)25(32)33-17-34-26(30-22-13-7-11-21-12-8-16-27-24(21)22)29-19(3)28-23(31)15-14-20-9-5-4-6-10-20/h4-16,18-19H,17H2,1-3H3,(H,28,31)(H,29,30)/b15-14+. The van der Waals surface area contributed by atoms with Crippen LogP contribution < -0.4 is 10.6 Å². The minimum atomic E-state index is -0.522. The Morgan fingerprint density at radius 3 is 2.59 bits per heavy atom. The molecule has 0 aliphatic rings. The van der Waals surface area contributed by atoms with Crippen LogP contribution in [-0.2, 0) is 14.3 Å². The second kappa shape index (κ2) is 12.6. The average molecular weight is 477 g/mol. The van der Waals surface area contributed by atoms with Crippen LogP contribution in [0.2, 0.25) is 0 Å². The number of hydrogen-bond donors (Lipinski definition) is 2. The lowest BCUT2D eigenvalue weighted by Gasteiger charge is -2.15. The summed E-state index contributed by atoms with van der Waals surface area (Å²) in [5.74, 6) is -0.672. The van der Waals surface area contributed by atoms with Gasteiger partial charge in [0.1, 0.15) is 12.1 Å². The first-order valence-electron chi connectivity index (χ1n) is 10.9. The van der Waals surface area contributed by atoms with Crippen molar-refractivity contribution >= 4 is 51.5 Å². The number of anilines is 1. The Hall–Kier alpha value is -3.65. The Balaban J connectivity index is 1.72. The maximum Gasteiger partial charge on any atom is 0.309 e. The second-order valence-corrected chi connectivity index (χ2v) is 8.66. The zero-order valence-corrected chi connectivity index (χ0v) is 20.2. The minimum Gasteiger partial charge on any atom is -0.454 e. The molecular weight excluding hydrogens is 448 g/mol. The summed E-state index contributed by atoms with van der Waals surface area (Å²) in [5, 5.41) is 7.58. The van der Waals surface area contributed by atoms with Gasteiger partial charge >= 0.3 is 5.97 Å². The molecule has 0 saturated heterocycles. The Morgan fingerprint density at radius 2 is 1.82 bits per heavy atom. The molecule has 7 nitrogen and oxygen atoms in total. The second-order valence-electron chi connectivity index (χ2n) is 7.75. The lowest BCUT2D eigenvalue weighted by atomic mass is 10.2. The summed E-state index contributed by atoms with van der Waals surface area (Å²) in [4.78, 5) is 33.2. The van der Waals surface area contributed by atoms with Crippen LogP contribution in [0.5, 0.6) is 0 Å². The summed E-state index contributed by atoms with van der Waals surface area (Å²) in [6.07, 6.45) is 4.42. The van der Waals surface area contributed by atoms with Crippen LogP contribution >= 0.6 is 11.8 Å². The molecule has 3 aromatic rings. The van der Waals surface area contributed by atoms with Crippen molar-refractivity contribution in [3.05, 3.63) is 78.5 Å². The van der Waals surface area contributed by atoms with Crippen LogP contribution in [0.15, 0.2) is 77.9 Å². The molecule has 0 fully saturated rings. The van der Waals surface area contributed by atoms with Crippen LogP contribution in [0.1, 0.15) is 26.3 Å². The van der Waals surface area contributed by atoms with E-state index in [1.54, 1.807) is 33.0 Å². The normalized spacial score (nSPS) is 12.6. The number of ether oxygens (including phenoxy) is 1. The van der Waals surface area contributed by atoms with Gasteiger partial charge in [0, 0.05) is 17.7 Å². The number of fused-ring (bicyclic) bond motifs is 1. The highest BCUT2D eigenvalue weighted by molar-refractivity contribution is 8.14. The van der Waals surface area contributed by atoms with E-state index in [9.17, 15) is 9.59 Å². The molecule has 0 radical (unpaired) electrons. The molecule has 8 heteroatoms. The monoisotopic (exact) mass is 476 g/mol. The van der Waals surface area contributed by atoms with Crippen molar-refractivity contribution in [1.82, 2.24) is 10.3 Å². The number of carbonyl (C=O) groups is 2. The third-order valence-corrected chi connectivity index (χ3v) is 5.35.